The van der Waals surface area contributed by atoms with Crippen molar-refractivity contribution in [2.75, 3.05) is 24.1 Å². The summed E-state index contributed by atoms with van der Waals surface area (Å²) in [5.41, 5.74) is 8.29. The van der Waals surface area contributed by atoms with Gasteiger partial charge in [-0.15, -0.1) is 0 Å². The summed E-state index contributed by atoms with van der Waals surface area (Å²) in [6.45, 7) is 2.87. The third-order valence-electron chi connectivity index (χ3n) is 4.40. The smallest absolute Gasteiger partial charge is 0.319 e. The lowest BCUT2D eigenvalue weighted by Crippen LogP contribution is -2.40. The number of nitrogens with zero attached hydrogens (tertiary/aromatic N) is 1. The van der Waals surface area contributed by atoms with Crippen molar-refractivity contribution in [3.05, 3.63) is 59.4 Å². The normalized spacial score (nSPS) is 16.4. The third kappa shape index (κ3) is 4.11. The number of nitrogens with two attached hydrogens (primary N) is 1. The zero-order chi connectivity index (χ0) is 18.7. The topological polar surface area (TPSA) is 87.5 Å². The highest BCUT2D eigenvalue weighted by molar-refractivity contribution is 5.97. The maximum absolute atomic E-state index is 12.9. The van der Waals surface area contributed by atoms with Crippen LogP contribution in [0.15, 0.2) is 42.5 Å². The largest absolute Gasteiger partial charge is 0.399 e. The summed E-state index contributed by atoms with van der Waals surface area (Å²) in [7, 11) is 0. The van der Waals surface area contributed by atoms with Crippen molar-refractivity contribution in [2.24, 2.45) is 0 Å². The summed E-state index contributed by atoms with van der Waals surface area (Å²) in [5.74, 6) is -0.448. The number of carbonyl (C=O) groups excluding carboxylic acids is 2. The van der Waals surface area contributed by atoms with Gasteiger partial charge >= 0.3 is 6.03 Å². The lowest BCUT2D eigenvalue weighted by molar-refractivity contribution is 0.0789. The second kappa shape index (κ2) is 7.43. The molecule has 3 amide bonds. The molecule has 1 atom stereocenters. The Morgan fingerprint density at radius 1 is 1.19 bits per heavy atom. The average Bonchev–Trinajstić information content (AvgIpc) is 3.07. The first-order valence-electron chi connectivity index (χ1n) is 8.41. The molecule has 0 aromatic heterocycles. The van der Waals surface area contributed by atoms with Gasteiger partial charge in [-0.1, -0.05) is 6.07 Å². The number of urea groups is 1. The van der Waals surface area contributed by atoms with Crippen molar-refractivity contribution >= 4 is 23.3 Å². The molecule has 1 aliphatic rings. The van der Waals surface area contributed by atoms with Crippen LogP contribution in [0.3, 0.4) is 0 Å². The van der Waals surface area contributed by atoms with Crippen LogP contribution in [0.4, 0.5) is 20.6 Å². The third-order valence-corrected chi connectivity index (χ3v) is 4.40. The van der Waals surface area contributed by atoms with Crippen molar-refractivity contribution in [3.63, 3.8) is 0 Å². The SMILES string of the molecule is Cc1ccc(N)cc1C(=O)N1CCC(NC(=O)Nc2ccc(F)cc2)C1. The second-order valence-corrected chi connectivity index (χ2v) is 6.42. The molecule has 26 heavy (non-hydrogen) atoms. The van der Waals surface area contributed by atoms with Gasteiger partial charge in [-0.25, -0.2) is 9.18 Å². The summed E-state index contributed by atoms with van der Waals surface area (Å²) in [5, 5.41) is 5.49. The first-order valence-corrected chi connectivity index (χ1v) is 8.41. The number of amides is 3. The zero-order valence-corrected chi connectivity index (χ0v) is 14.5. The minimum Gasteiger partial charge on any atom is -0.399 e. The van der Waals surface area contributed by atoms with Crippen LogP contribution < -0.4 is 16.4 Å². The first kappa shape index (κ1) is 17.7. The maximum atomic E-state index is 12.9. The summed E-state index contributed by atoms with van der Waals surface area (Å²) in [6, 6.07) is 10.3. The molecule has 1 unspecified atom stereocenters. The highest BCUT2D eigenvalue weighted by Gasteiger charge is 2.28. The first-order chi connectivity index (χ1) is 12.4. The van der Waals surface area contributed by atoms with Gasteiger partial charge in [-0.05, 0) is 55.3 Å². The molecule has 1 heterocycles. The van der Waals surface area contributed by atoms with Crippen LogP contribution >= 0.6 is 0 Å². The number of halogens is 1. The van der Waals surface area contributed by atoms with E-state index in [1.807, 2.05) is 13.0 Å². The average molecular weight is 356 g/mol. The van der Waals surface area contributed by atoms with Crippen molar-refractivity contribution in [1.29, 1.82) is 0 Å². The summed E-state index contributed by atoms with van der Waals surface area (Å²) >= 11 is 0. The predicted molar refractivity (Wildman–Crippen MR) is 98.5 cm³/mol. The molecular weight excluding hydrogens is 335 g/mol. The molecule has 0 spiro atoms. The number of likely N-dealkylation sites (tertiary alicyclic amines) is 1. The lowest BCUT2D eigenvalue weighted by Gasteiger charge is -2.18. The van der Waals surface area contributed by atoms with Crippen LogP contribution in [-0.4, -0.2) is 36.0 Å². The van der Waals surface area contributed by atoms with E-state index in [0.29, 0.717) is 36.4 Å². The molecule has 2 aromatic rings. The Balaban J connectivity index is 1.56. The number of nitrogens with one attached hydrogen (secondary N) is 2. The molecule has 0 saturated carbocycles. The standard InChI is InChI=1S/C19H21FN4O2/c1-12-2-5-14(21)10-17(12)18(25)24-9-8-16(11-24)23-19(26)22-15-6-3-13(20)4-7-15/h2-7,10,16H,8-9,11,21H2,1H3,(H2,22,23,26). The molecule has 1 saturated heterocycles. The molecule has 0 aliphatic carbocycles. The Bertz CT molecular complexity index is 823. The molecule has 136 valence electrons. The van der Waals surface area contributed by atoms with E-state index < -0.39 is 0 Å². The Hall–Kier alpha value is -3.09. The summed E-state index contributed by atoms with van der Waals surface area (Å²) < 4.78 is 12.9. The van der Waals surface area contributed by atoms with Crippen molar-refractivity contribution < 1.29 is 14.0 Å². The fourth-order valence-electron chi connectivity index (χ4n) is 2.99. The van der Waals surface area contributed by atoms with Crippen LogP contribution in [0.2, 0.25) is 0 Å². The number of carbonyl (C=O) groups is 2. The number of aryl methyl sites for hydroxylation is 1. The van der Waals surface area contributed by atoms with Crippen LogP contribution in [0, 0.1) is 12.7 Å². The van der Waals surface area contributed by atoms with E-state index in [-0.39, 0.29) is 23.8 Å². The van der Waals surface area contributed by atoms with Crippen LogP contribution in [0.5, 0.6) is 0 Å². The van der Waals surface area contributed by atoms with Crippen LogP contribution in [0.1, 0.15) is 22.3 Å². The Morgan fingerprint density at radius 2 is 1.92 bits per heavy atom. The molecular formula is C19H21FN4O2. The van der Waals surface area contributed by atoms with Gasteiger partial charge in [0.05, 0.1) is 0 Å². The molecule has 1 fully saturated rings. The van der Waals surface area contributed by atoms with Crippen molar-refractivity contribution in [2.45, 2.75) is 19.4 Å². The van der Waals surface area contributed by atoms with Gasteiger partial charge in [-0.2, -0.15) is 0 Å². The highest BCUT2D eigenvalue weighted by atomic mass is 19.1. The second-order valence-electron chi connectivity index (χ2n) is 6.42. The number of hydrogen-bond donors (Lipinski definition) is 3. The monoisotopic (exact) mass is 356 g/mol. The molecule has 6 nitrogen and oxygen atoms in total. The van der Waals surface area contributed by atoms with Crippen LogP contribution in [-0.2, 0) is 0 Å². The molecule has 7 heteroatoms. The molecule has 2 aromatic carbocycles. The number of anilines is 2. The van der Waals surface area contributed by atoms with Crippen LogP contribution in [0.25, 0.3) is 0 Å². The van der Waals surface area contributed by atoms with E-state index in [1.165, 1.54) is 24.3 Å². The van der Waals surface area contributed by atoms with E-state index >= 15 is 0 Å². The molecule has 0 bridgehead atoms. The van der Waals surface area contributed by atoms with E-state index in [0.717, 1.165) is 5.56 Å². The minimum atomic E-state index is -0.379. The van der Waals surface area contributed by atoms with Gasteiger partial charge in [0.1, 0.15) is 5.82 Å². The highest BCUT2D eigenvalue weighted by Crippen LogP contribution is 2.19. The quantitative estimate of drug-likeness (QED) is 0.739. The fourth-order valence-corrected chi connectivity index (χ4v) is 2.99. The van der Waals surface area contributed by atoms with Gasteiger partial charge in [0.25, 0.3) is 5.91 Å². The van der Waals surface area contributed by atoms with E-state index in [2.05, 4.69) is 10.6 Å². The minimum absolute atomic E-state index is 0.0851. The molecule has 3 rings (SSSR count). The zero-order valence-electron chi connectivity index (χ0n) is 14.5. The van der Waals surface area contributed by atoms with Gasteiger partial charge in [0.15, 0.2) is 0 Å². The van der Waals surface area contributed by atoms with Gasteiger partial charge in [0.2, 0.25) is 0 Å². The Morgan fingerprint density at radius 3 is 2.65 bits per heavy atom. The molecule has 4 N–H and O–H groups in total. The Kier molecular flexibility index (Phi) is 5.06. The number of hydrogen-bond acceptors (Lipinski definition) is 3. The predicted octanol–water partition coefficient (Wildman–Crippen LogP) is 2.75. The van der Waals surface area contributed by atoms with E-state index in [4.69, 9.17) is 5.73 Å². The lowest BCUT2D eigenvalue weighted by atomic mass is 10.1. The maximum Gasteiger partial charge on any atom is 0.319 e. The van der Waals surface area contributed by atoms with Crippen molar-refractivity contribution in [3.8, 4) is 0 Å². The van der Waals surface area contributed by atoms with Gasteiger partial charge < -0.3 is 21.3 Å². The Labute approximate surface area is 151 Å². The number of benzene rings is 2. The van der Waals surface area contributed by atoms with Crippen molar-refractivity contribution in [1.82, 2.24) is 10.2 Å². The number of rotatable bonds is 3. The van der Waals surface area contributed by atoms with E-state index in [9.17, 15) is 14.0 Å². The fraction of sp³-hybridized carbons (Fsp3) is 0.263. The molecule has 1 aliphatic heterocycles. The van der Waals surface area contributed by atoms with Gasteiger partial charge in [-0.3, -0.25) is 4.79 Å². The summed E-state index contributed by atoms with van der Waals surface area (Å²) in [4.78, 5) is 26.5. The van der Waals surface area contributed by atoms with E-state index in [1.54, 1.807) is 17.0 Å². The summed E-state index contributed by atoms with van der Waals surface area (Å²) in [6.07, 6.45) is 0.671. The number of nitrogen functional groups attached to an aromatic ring is 1. The molecule has 0 radical (unpaired) electrons. The van der Waals surface area contributed by atoms with Gasteiger partial charge in [0, 0.05) is 36.1 Å².